The van der Waals surface area contributed by atoms with Gasteiger partial charge in [-0.1, -0.05) is 0 Å². The van der Waals surface area contributed by atoms with Crippen molar-refractivity contribution < 1.29 is 32.2 Å². The third-order valence-electron chi connectivity index (χ3n) is 2.87. The molecular formula is C13H17NO7S. The minimum atomic E-state index is -4.67. The summed E-state index contributed by atoms with van der Waals surface area (Å²) in [7, 11) is -4.67. The number of ketones is 1. The lowest BCUT2D eigenvalue weighted by molar-refractivity contribution is 0.0916. The summed E-state index contributed by atoms with van der Waals surface area (Å²) in [5.74, 6) is 0.519. The molecule has 0 bridgehead atoms. The summed E-state index contributed by atoms with van der Waals surface area (Å²) in [5.41, 5.74) is 6.41. The van der Waals surface area contributed by atoms with E-state index in [-0.39, 0.29) is 17.2 Å². The van der Waals surface area contributed by atoms with Gasteiger partial charge in [-0.15, -0.1) is 0 Å². The first kappa shape index (κ1) is 18.0. The first-order valence-electron chi connectivity index (χ1n) is 6.06. The molecule has 1 aliphatic rings. The van der Waals surface area contributed by atoms with Crippen LogP contribution in [0.3, 0.4) is 0 Å². The van der Waals surface area contributed by atoms with Crippen LogP contribution < -0.4 is 10.5 Å². The minimum absolute atomic E-state index is 0.00861. The number of nitrogens with two attached hydrogens (primary N) is 1. The topological polar surface area (TPSA) is 147 Å². The molecule has 122 valence electrons. The van der Waals surface area contributed by atoms with E-state index in [1.807, 2.05) is 0 Å². The van der Waals surface area contributed by atoms with Crippen LogP contribution in [0.4, 0.5) is 0 Å². The highest BCUT2D eigenvalue weighted by Gasteiger charge is 2.34. The Bertz CT molecular complexity index is 727. The molecule has 0 fully saturated rings. The normalized spacial score (nSPS) is 16.0. The Labute approximate surface area is 127 Å². The van der Waals surface area contributed by atoms with E-state index < -0.39 is 16.0 Å². The molecule has 0 saturated carbocycles. The van der Waals surface area contributed by atoms with Crippen molar-refractivity contribution in [1.82, 2.24) is 0 Å². The quantitative estimate of drug-likeness (QED) is 0.448. The van der Waals surface area contributed by atoms with Crippen LogP contribution >= 0.6 is 0 Å². The fourth-order valence-corrected chi connectivity index (χ4v) is 1.82. The standard InChI is InChI=1S/C13H15NO3.H2O4S/c1-7(15)8-4-5-10-9(6-8)11(14)12(16)13(2,3)17-10;1-5(2,3)4/h4-6,16H,14H2,1-3H3;(H2,1,2,3,4). The number of Topliss-reactive ketones (excluding diaryl/α,β-unsaturated/α-hetero) is 1. The van der Waals surface area contributed by atoms with Gasteiger partial charge in [-0.2, -0.15) is 8.42 Å². The van der Waals surface area contributed by atoms with Gasteiger partial charge >= 0.3 is 10.4 Å². The largest absolute Gasteiger partial charge is 0.506 e. The smallest absolute Gasteiger partial charge is 0.394 e. The third-order valence-corrected chi connectivity index (χ3v) is 2.87. The van der Waals surface area contributed by atoms with Crippen LogP contribution in [0, 0.1) is 0 Å². The lowest BCUT2D eigenvalue weighted by Crippen LogP contribution is -2.36. The van der Waals surface area contributed by atoms with Crippen LogP contribution in [0.2, 0.25) is 0 Å². The third kappa shape index (κ3) is 4.45. The maximum Gasteiger partial charge on any atom is 0.394 e. The second-order valence-corrected chi connectivity index (χ2v) is 5.99. The highest BCUT2D eigenvalue weighted by Crippen LogP contribution is 2.37. The van der Waals surface area contributed by atoms with Crippen molar-refractivity contribution >= 4 is 21.9 Å². The summed E-state index contributed by atoms with van der Waals surface area (Å²) in [6, 6.07) is 5.03. The Morgan fingerprint density at radius 2 is 1.77 bits per heavy atom. The van der Waals surface area contributed by atoms with Gasteiger partial charge in [-0.25, -0.2) is 0 Å². The van der Waals surface area contributed by atoms with E-state index in [4.69, 9.17) is 28.0 Å². The number of carbonyl (C=O) groups excluding carboxylic acids is 1. The van der Waals surface area contributed by atoms with Gasteiger partial charge in [-0.3, -0.25) is 13.9 Å². The van der Waals surface area contributed by atoms with Crippen molar-refractivity contribution in [3.05, 3.63) is 35.1 Å². The van der Waals surface area contributed by atoms with Crippen LogP contribution in [0.25, 0.3) is 5.70 Å². The fourth-order valence-electron chi connectivity index (χ4n) is 1.82. The molecule has 8 nitrogen and oxygen atoms in total. The van der Waals surface area contributed by atoms with Gasteiger partial charge in [0, 0.05) is 11.1 Å². The Hall–Kier alpha value is -2.10. The summed E-state index contributed by atoms with van der Waals surface area (Å²) in [6.07, 6.45) is 0. The molecule has 2 rings (SSSR count). The Morgan fingerprint density at radius 3 is 2.23 bits per heavy atom. The van der Waals surface area contributed by atoms with E-state index in [1.165, 1.54) is 6.92 Å². The van der Waals surface area contributed by atoms with Crippen molar-refractivity contribution in [2.24, 2.45) is 5.73 Å². The number of aliphatic hydroxyl groups excluding tert-OH is 1. The number of carbonyl (C=O) groups is 1. The van der Waals surface area contributed by atoms with Crippen molar-refractivity contribution in [3.63, 3.8) is 0 Å². The van der Waals surface area contributed by atoms with Crippen LogP contribution in [-0.4, -0.2) is 34.0 Å². The van der Waals surface area contributed by atoms with E-state index in [0.717, 1.165) is 0 Å². The van der Waals surface area contributed by atoms with E-state index in [2.05, 4.69) is 0 Å². The summed E-state index contributed by atoms with van der Waals surface area (Å²) < 4.78 is 37.2. The first-order valence-corrected chi connectivity index (χ1v) is 7.46. The molecule has 9 heteroatoms. The Morgan fingerprint density at radius 1 is 1.27 bits per heavy atom. The van der Waals surface area contributed by atoms with Gasteiger partial charge in [0.15, 0.2) is 17.1 Å². The average Bonchev–Trinajstić information content (AvgIpc) is 2.33. The predicted octanol–water partition coefficient (Wildman–Crippen LogP) is 1.59. The van der Waals surface area contributed by atoms with E-state index >= 15 is 0 Å². The molecule has 1 aromatic rings. The van der Waals surface area contributed by atoms with Crippen LogP contribution in [0.15, 0.2) is 24.0 Å². The zero-order chi connectivity index (χ0) is 17.3. The monoisotopic (exact) mass is 331 g/mol. The molecule has 22 heavy (non-hydrogen) atoms. The molecule has 0 radical (unpaired) electrons. The first-order chi connectivity index (χ1) is 9.83. The number of hydrogen-bond donors (Lipinski definition) is 4. The molecule has 0 spiro atoms. The molecule has 1 aliphatic heterocycles. The van der Waals surface area contributed by atoms with Gasteiger partial charge in [0.2, 0.25) is 0 Å². The zero-order valence-corrected chi connectivity index (χ0v) is 13.0. The molecule has 0 saturated heterocycles. The number of fused-ring (bicyclic) bond motifs is 1. The van der Waals surface area contributed by atoms with Gasteiger partial charge in [0.25, 0.3) is 0 Å². The lowest BCUT2D eigenvalue weighted by Gasteiger charge is -2.32. The molecule has 0 unspecified atom stereocenters. The van der Waals surface area contributed by atoms with E-state index in [1.54, 1.807) is 32.0 Å². The van der Waals surface area contributed by atoms with Gasteiger partial charge in [0.1, 0.15) is 5.75 Å². The SMILES string of the molecule is CC(=O)c1ccc2c(c1)C(N)=C(O)C(C)(C)O2.O=S(=O)(O)O. The fraction of sp³-hybridized carbons (Fsp3) is 0.308. The van der Waals surface area contributed by atoms with Crippen LogP contribution in [-0.2, 0) is 10.4 Å². The summed E-state index contributed by atoms with van der Waals surface area (Å²) in [6.45, 7) is 4.95. The number of aliphatic hydroxyl groups is 1. The molecule has 5 N–H and O–H groups in total. The number of rotatable bonds is 1. The summed E-state index contributed by atoms with van der Waals surface area (Å²) >= 11 is 0. The maximum absolute atomic E-state index is 11.3. The number of hydrogen-bond acceptors (Lipinski definition) is 6. The highest BCUT2D eigenvalue weighted by atomic mass is 32.3. The minimum Gasteiger partial charge on any atom is -0.506 e. The molecule has 1 aromatic carbocycles. The maximum atomic E-state index is 11.3. The molecule has 0 amide bonds. The van der Waals surface area contributed by atoms with E-state index in [9.17, 15) is 9.90 Å². The summed E-state index contributed by atoms with van der Waals surface area (Å²) in [5, 5.41) is 9.93. The predicted molar refractivity (Wildman–Crippen MR) is 79.1 cm³/mol. The van der Waals surface area contributed by atoms with Crippen LogP contribution in [0.1, 0.15) is 36.7 Å². The second kappa shape index (κ2) is 5.95. The number of benzene rings is 1. The van der Waals surface area contributed by atoms with Crippen molar-refractivity contribution in [3.8, 4) is 5.75 Å². The van der Waals surface area contributed by atoms with Crippen molar-refractivity contribution in [1.29, 1.82) is 0 Å². The molecular weight excluding hydrogens is 314 g/mol. The molecule has 1 heterocycles. The Balaban J connectivity index is 0.000000422. The van der Waals surface area contributed by atoms with Crippen molar-refractivity contribution in [2.45, 2.75) is 26.4 Å². The lowest BCUT2D eigenvalue weighted by atomic mass is 9.95. The van der Waals surface area contributed by atoms with Crippen LogP contribution in [0.5, 0.6) is 5.75 Å². The molecule has 0 aliphatic carbocycles. The van der Waals surface area contributed by atoms with Crippen molar-refractivity contribution in [2.75, 3.05) is 0 Å². The molecule has 0 atom stereocenters. The average molecular weight is 331 g/mol. The van der Waals surface area contributed by atoms with Gasteiger partial charge < -0.3 is 15.6 Å². The van der Waals surface area contributed by atoms with Gasteiger partial charge in [-0.05, 0) is 39.0 Å². The Kier molecular flexibility index (Phi) is 4.86. The second-order valence-electron chi connectivity index (χ2n) is 5.09. The van der Waals surface area contributed by atoms with E-state index in [0.29, 0.717) is 16.9 Å². The number of ether oxygens (including phenoxy) is 1. The summed E-state index contributed by atoms with van der Waals surface area (Å²) in [4.78, 5) is 11.3. The van der Waals surface area contributed by atoms with Gasteiger partial charge in [0.05, 0.1) is 5.70 Å². The zero-order valence-electron chi connectivity index (χ0n) is 12.2. The molecule has 0 aromatic heterocycles. The highest BCUT2D eigenvalue weighted by molar-refractivity contribution is 7.79.